The second-order valence-corrected chi connectivity index (χ2v) is 4.65. The van der Waals surface area contributed by atoms with Gasteiger partial charge in [0.1, 0.15) is 0 Å². The minimum atomic E-state index is -4.30. The highest BCUT2D eigenvalue weighted by Crippen LogP contribution is 2.31. The second-order valence-electron chi connectivity index (χ2n) is 3.89. The van der Waals surface area contributed by atoms with Crippen molar-refractivity contribution >= 4 is 34.7 Å². The maximum Gasteiger partial charge on any atom is 0.416 e. The van der Waals surface area contributed by atoms with Crippen LogP contribution in [0.1, 0.15) is 22.4 Å². The van der Waals surface area contributed by atoms with E-state index in [-0.39, 0.29) is 0 Å². The summed E-state index contributed by atoms with van der Waals surface area (Å²) in [5.74, 6) is 0. The molecule has 1 aromatic carbocycles. The Bertz CT molecular complexity index is 574. The highest BCUT2D eigenvalue weighted by atomic mass is 127. The van der Waals surface area contributed by atoms with Gasteiger partial charge in [-0.05, 0) is 35.4 Å². The van der Waals surface area contributed by atoms with Crippen LogP contribution in [0.3, 0.4) is 0 Å². The first-order valence-electron chi connectivity index (χ1n) is 5.44. The summed E-state index contributed by atoms with van der Waals surface area (Å²) in [5, 5.41) is 6.56. The van der Waals surface area contributed by atoms with Gasteiger partial charge in [0.2, 0.25) is 0 Å². The predicted molar refractivity (Wildman–Crippen MR) is 76.7 cm³/mol. The molecule has 1 heterocycles. The third-order valence-electron chi connectivity index (χ3n) is 2.58. The van der Waals surface area contributed by atoms with E-state index in [0.717, 1.165) is 17.3 Å². The van der Waals surface area contributed by atoms with E-state index in [1.807, 2.05) is 0 Å². The molecule has 100 valence electrons. The Kier molecular flexibility index (Phi) is 4.28. The van der Waals surface area contributed by atoms with Gasteiger partial charge in [0.25, 0.3) is 0 Å². The molecule has 0 aliphatic carbocycles. The van der Waals surface area contributed by atoms with Crippen LogP contribution in [0, 0.1) is 0 Å². The fraction of sp³-hybridized carbons (Fsp3) is 0.154. The molecule has 0 atom stereocenters. The molecule has 19 heavy (non-hydrogen) atoms. The van der Waals surface area contributed by atoms with Gasteiger partial charge >= 0.3 is 6.18 Å². The van der Waals surface area contributed by atoms with Crippen molar-refractivity contribution in [3.8, 4) is 0 Å². The van der Waals surface area contributed by atoms with Crippen molar-refractivity contribution in [1.82, 2.24) is 10.2 Å². The number of H-pyrrole nitrogens is 1. The lowest BCUT2D eigenvalue weighted by molar-refractivity contribution is -0.137. The molecule has 0 aliphatic rings. The van der Waals surface area contributed by atoms with Crippen LogP contribution in [0.25, 0.3) is 12.2 Å². The Morgan fingerprint density at radius 1 is 1.21 bits per heavy atom. The quantitative estimate of drug-likeness (QED) is 0.617. The lowest BCUT2D eigenvalue weighted by Gasteiger charge is -2.10. The third kappa shape index (κ3) is 3.59. The van der Waals surface area contributed by atoms with Crippen molar-refractivity contribution in [2.45, 2.75) is 10.6 Å². The fourth-order valence-corrected chi connectivity index (χ4v) is 2.26. The van der Waals surface area contributed by atoms with Crippen molar-refractivity contribution in [3.63, 3.8) is 0 Å². The molecule has 0 aliphatic heterocycles. The van der Waals surface area contributed by atoms with Crippen molar-refractivity contribution in [3.05, 3.63) is 52.8 Å². The first kappa shape index (κ1) is 14.1. The summed E-state index contributed by atoms with van der Waals surface area (Å²) in [5.41, 5.74) is 1.63. The molecule has 2 nitrogen and oxygen atoms in total. The number of nitrogens with one attached hydrogen (secondary N) is 1. The monoisotopic (exact) mass is 378 g/mol. The summed E-state index contributed by atoms with van der Waals surface area (Å²) in [6.45, 7) is 0. The molecular weight excluding hydrogens is 368 g/mol. The summed E-state index contributed by atoms with van der Waals surface area (Å²) < 4.78 is 38.4. The van der Waals surface area contributed by atoms with E-state index in [1.54, 1.807) is 24.4 Å². The van der Waals surface area contributed by atoms with Gasteiger partial charge in [-0.2, -0.15) is 18.3 Å². The average molecular weight is 378 g/mol. The Morgan fingerprint density at radius 2 is 2.00 bits per heavy atom. The maximum absolute atomic E-state index is 12.6. The fourth-order valence-electron chi connectivity index (χ4n) is 1.60. The zero-order chi connectivity index (χ0) is 13.9. The average Bonchev–Trinajstić information content (AvgIpc) is 2.88. The minimum Gasteiger partial charge on any atom is -0.278 e. The van der Waals surface area contributed by atoms with Gasteiger partial charge < -0.3 is 0 Å². The van der Waals surface area contributed by atoms with E-state index >= 15 is 0 Å². The minimum absolute atomic E-state index is 0.518. The Morgan fingerprint density at radius 3 is 2.58 bits per heavy atom. The number of benzene rings is 1. The lowest BCUT2D eigenvalue weighted by Crippen LogP contribution is -2.05. The molecule has 0 amide bonds. The highest BCUT2D eigenvalue weighted by molar-refractivity contribution is 14.1. The van der Waals surface area contributed by atoms with Crippen LogP contribution in [-0.4, -0.2) is 10.2 Å². The summed E-state index contributed by atoms with van der Waals surface area (Å²) >= 11 is 2.06. The van der Waals surface area contributed by atoms with E-state index in [4.69, 9.17) is 0 Å². The number of alkyl halides is 4. The van der Waals surface area contributed by atoms with E-state index in [2.05, 4.69) is 32.8 Å². The second kappa shape index (κ2) is 5.77. The molecule has 1 N–H and O–H groups in total. The van der Waals surface area contributed by atoms with Crippen molar-refractivity contribution < 1.29 is 13.2 Å². The number of aromatic amines is 1. The molecule has 6 heteroatoms. The van der Waals surface area contributed by atoms with Gasteiger partial charge in [-0.1, -0.05) is 34.7 Å². The van der Waals surface area contributed by atoms with E-state index in [0.29, 0.717) is 9.99 Å². The summed E-state index contributed by atoms with van der Waals surface area (Å²) in [7, 11) is 0. The van der Waals surface area contributed by atoms with Crippen molar-refractivity contribution in [2.75, 3.05) is 0 Å². The molecule has 0 unspecified atom stereocenters. The molecule has 2 rings (SSSR count). The number of aromatic nitrogens is 2. The summed E-state index contributed by atoms with van der Waals surface area (Å²) in [6, 6.07) is 5.56. The molecule has 0 spiro atoms. The molecule has 0 saturated heterocycles. The first-order valence-corrected chi connectivity index (χ1v) is 6.97. The lowest BCUT2D eigenvalue weighted by atomic mass is 10.0. The highest BCUT2D eigenvalue weighted by Gasteiger charge is 2.30. The molecule has 0 saturated carbocycles. The van der Waals surface area contributed by atoms with Crippen LogP contribution < -0.4 is 0 Å². The largest absolute Gasteiger partial charge is 0.416 e. The van der Waals surface area contributed by atoms with Crippen LogP contribution in [0.5, 0.6) is 0 Å². The number of rotatable bonds is 3. The predicted octanol–water partition coefficient (Wildman–Crippen LogP) is 4.53. The van der Waals surface area contributed by atoms with Crippen molar-refractivity contribution in [2.24, 2.45) is 0 Å². The van der Waals surface area contributed by atoms with Crippen LogP contribution in [0.4, 0.5) is 13.2 Å². The van der Waals surface area contributed by atoms with Gasteiger partial charge in [-0.15, -0.1) is 0 Å². The van der Waals surface area contributed by atoms with Crippen molar-refractivity contribution in [1.29, 1.82) is 0 Å². The van der Waals surface area contributed by atoms with Crippen LogP contribution in [0.15, 0.2) is 30.5 Å². The normalized spacial score (nSPS) is 12.2. The zero-order valence-corrected chi connectivity index (χ0v) is 11.9. The topological polar surface area (TPSA) is 28.7 Å². The van der Waals surface area contributed by atoms with E-state index in [9.17, 15) is 13.2 Å². The smallest absolute Gasteiger partial charge is 0.278 e. The Labute approximate surface area is 121 Å². The molecule has 0 bridgehead atoms. The number of halogens is 4. The first-order chi connectivity index (χ1) is 9.00. The van der Waals surface area contributed by atoms with Gasteiger partial charge in [-0.25, -0.2) is 0 Å². The van der Waals surface area contributed by atoms with Gasteiger partial charge in [0.15, 0.2) is 0 Å². The molecular formula is C13H10F3IN2. The van der Waals surface area contributed by atoms with Gasteiger partial charge in [0.05, 0.1) is 11.3 Å². The van der Waals surface area contributed by atoms with E-state index in [1.165, 1.54) is 12.1 Å². The van der Waals surface area contributed by atoms with Gasteiger partial charge in [0, 0.05) is 10.6 Å². The SMILES string of the molecule is FC(F)(F)c1ccc(/C=C/c2ccn[nH]2)c(CI)c1. The molecule has 0 fully saturated rings. The molecule has 2 aromatic rings. The summed E-state index contributed by atoms with van der Waals surface area (Å²) in [4.78, 5) is 0. The van der Waals surface area contributed by atoms with Gasteiger partial charge in [-0.3, -0.25) is 5.10 Å². The van der Waals surface area contributed by atoms with E-state index < -0.39 is 11.7 Å². The summed E-state index contributed by atoms with van der Waals surface area (Å²) in [6.07, 6.45) is 0.880. The maximum atomic E-state index is 12.6. The number of nitrogens with zero attached hydrogens (tertiary/aromatic N) is 1. The zero-order valence-electron chi connectivity index (χ0n) is 9.71. The van der Waals surface area contributed by atoms with Crippen LogP contribution >= 0.6 is 22.6 Å². The standard InChI is InChI=1S/C13H10F3IN2/c14-13(15,16)11-3-1-9(10(7-11)8-17)2-4-12-5-6-18-19-12/h1-7H,8H2,(H,18,19)/b4-2+. The van der Waals surface area contributed by atoms with Crippen LogP contribution in [0.2, 0.25) is 0 Å². The molecule has 0 radical (unpaired) electrons. The Hall–Kier alpha value is -1.31. The number of hydrogen-bond donors (Lipinski definition) is 1. The van der Waals surface area contributed by atoms with Crippen LogP contribution in [-0.2, 0) is 10.6 Å². The molecule has 1 aromatic heterocycles. The Balaban J connectivity index is 2.31. The number of hydrogen-bond acceptors (Lipinski definition) is 1. The third-order valence-corrected chi connectivity index (χ3v) is 3.40.